The average molecular weight is 319 g/mol. The van der Waals surface area contributed by atoms with Crippen LogP contribution < -0.4 is 5.73 Å². The number of H-pyrrole nitrogens is 1. The average Bonchev–Trinajstić information content (AvgIpc) is 2.99. The molecule has 2 amide bonds. The van der Waals surface area contributed by atoms with E-state index in [9.17, 15) is 4.79 Å². The smallest absolute Gasteiger partial charge is 0.315 e. The number of para-hydroxylation sites is 1. The molecule has 4 heteroatoms. The number of urea groups is 1. The van der Waals surface area contributed by atoms with Crippen LogP contribution in [-0.2, 0) is 6.42 Å². The van der Waals surface area contributed by atoms with Crippen molar-refractivity contribution < 1.29 is 4.79 Å². The standard InChI is InChI=1S/C20H21N3O/c1-13(14-7-3-2-4-8-14)19-18-16(11-12-23(19)20(21)24)15-9-5-6-10-17(15)22-18/h2-10,13,19,22H,11-12H2,1H3,(H2,21,24)/t13-,19?/m1/s1. The lowest BCUT2D eigenvalue weighted by molar-refractivity contribution is 0.166. The first-order valence-corrected chi connectivity index (χ1v) is 8.37. The SMILES string of the molecule is C[C@H](c1ccccc1)C1c2[nH]c3ccccc3c2CCN1C(N)=O. The minimum absolute atomic E-state index is 0.0685. The molecule has 4 rings (SSSR count). The fraction of sp³-hybridized carbons (Fsp3) is 0.250. The highest BCUT2D eigenvalue weighted by atomic mass is 16.2. The van der Waals surface area contributed by atoms with Crippen LogP contribution in [0.5, 0.6) is 0 Å². The summed E-state index contributed by atoms with van der Waals surface area (Å²) in [7, 11) is 0. The number of aromatic nitrogens is 1. The van der Waals surface area contributed by atoms with E-state index in [1.807, 2.05) is 24.3 Å². The molecule has 0 saturated heterocycles. The maximum Gasteiger partial charge on any atom is 0.315 e. The van der Waals surface area contributed by atoms with Gasteiger partial charge in [-0.3, -0.25) is 0 Å². The summed E-state index contributed by atoms with van der Waals surface area (Å²) in [5, 5.41) is 1.25. The van der Waals surface area contributed by atoms with Gasteiger partial charge in [-0.15, -0.1) is 0 Å². The second-order valence-electron chi connectivity index (χ2n) is 6.49. The van der Waals surface area contributed by atoms with Gasteiger partial charge >= 0.3 is 6.03 Å². The summed E-state index contributed by atoms with van der Waals surface area (Å²) in [5.41, 5.74) is 10.5. The Hall–Kier alpha value is -2.75. The minimum Gasteiger partial charge on any atom is -0.356 e. The highest BCUT2D eigenvalue weighted by molar-refractivity contribution is 5.86. The van der Waals surface area contributed by atoms with Crippen LogP contribution in [0, 0.1) is 0 Å². The van der Waals surface area contributed by atoms with Crippen molar-refractivity contribution in [2.75, 3.05) is 6.54 Å². The Morgan fingerprint density at radius 2 is 1.88 bits per heavy atom. The second kappa shape index (κ2) is 5.71. The number of rotatable bonds is 2. The fourth-order valence-corrected chi connectivity index (χ4v) is 3.98. The third kappa shape index (κ3) is 2.26. The molecular formula is C20H21N3O. The number of nitrogens with two attached hydrogens (primary N) is 1. The number of benzene rings is 2. The summed E-state index contributed by atoms with van der Waals surface area (Å²) in [6.07, 6.45) is 0.834. The second-order valence-corrected chi connectivity index (χ2v) is 6.49. The van der Waals surface area contributed by atoms with Gasteiger partial charge in [0.05, 0.1) is 6.04 Å². The van der Waals surface area contributed by atoms with Gasteiger partial charge in [0, 0.05) is 29.1 Å². The molecule has 24 heavy (non-hydrogen) atoms. The lowest BCUT2D eigenvalue weighted by Crippen LogP contribution is -2.44. The van der Waals surface area contributed by atoms with Gasteiger partial charge in [-0.2, -0.15) is 0 Å². The summed E-state index contributed by atoms with van der Waals surface area (Å²) >= 11 is 0. The van der Waals surface area contributed by atoms with E-state index in [0.29, 0.717) is 6.54 Å². The molecule has 3 N–H and O–H groups in total. The van der Waals surface area contributed by atoms with Crippen molar-refractivity contribution in [3.8, 4) is 0 Å². The van der Waals surface area contributed by atoms with E-state index in [1.165, 1.54) is 16.5 Å². The molecule has 122 valence electrons. The first-order chi connectivity index (χ1) is 11.7. The van der Waals surface area contributed by atoms with Crippen LogP contribution >= 0.6 is 0 Å². The van der Waals surface area contributed by atoms with Crippen LogP contribution in [0.4, 0.5) is 4.79 Å². The van der Waals surface area contributed by atoms with Crippen molar-refractivity contribution in [1.82, 2.24) is 9.88 Å². The van der Waals surface area contributed by atoms with Crippen molar-refractivity contribution >= 4 is 16.9 Å². The molecule has 0 bridgehead atoms. The van der Waals surface area contributed by atoms with Crippen molar-refractivity contribution in [2.24, 2.45) is 5.73 Å². The molecule has 2 aromatic carbocycles. The first-order valence-electron chi connectivity index (χ1n) is 8.37. The first kappa shape index (κ1) is 14.8. The number of hydrogen-bond donors (Lipinski definition) is 2. The number of amides is 2. The van der Waals surface area contributed by atoms with Gasteiger partial charge in [0.2, 0.25) is 0 Å². The maximum atomic E-state index is 12.1. The lowest BCUT2D eigenvalue weighted by atomic mass is 9.85. The van der Waals surface area contributed by atoms with Crippen LogP contribution in [0.25, 0.3) is 10.9 Å². The van der Waals surface area contributed by atoms with E-state index in [0.717, 1.165) is 17.6 Å². The van der Waals surface area contributed by atoms with Crippen molar-refractivity contribution in [2.45, 2.75) is 25.3 Å². The fourth-order valence-electron chi connectivity index (χ4n) is 3.98. The summed E-state index contributed by atoms with van der Waals surface area (Å²) in [6.45, 7) is 2.82. The minimum atomic E-state index is -0.355. The molecule has 0 spiro atoms. The Labute approximate surface area is 141 Å². The van der Waals surface area contributed by atoms with Crippen molar-refractivity contribution in [3.63, 3.8) is 0 Å². The van der Waals surface area contributed by atoms with Gasteiger partial charge in [-0.1, -0.05) is 55.5 Å². The van der Waals surface area contributed by atoms with Crippen LogP contribution in [-0.4, -0.2) is 22.5 Å². The Kier molecular flexibility index (Phi) is 3.53. The zero-order valence-corrected chi connectivity index (χ0v) is 13.7. The topological polar surface area (TPSA) is 62.1 Å². The van der Waals surface area contributed by atoms with Crippen LogP contribution in [0.15, 0.2) is 54.6 Å². The van der Waals surface area contributed by atoms with Gasteiger partial charge < -0.3 is 15.6 Å². The molecule has 1 aliphatic rings. The highest BCUT2D eigenvalue weighted by Crippen LogP contribution is 2.42. The molecule has 0 aliphatic carbocycles. The number of nitrogens with one attached hydrogen (secondary N) is 1. The number of fused-ring (bicyclic) bond motifs is 3. The van der Waals surface area contributed by atoms with E-state index >= 15 is 0 Å². The third-order valence-electron chi connectivity index (χ3n) is 5.16. The number of nitrogens with zero attached hydrogens (tertiary/aromatic N) is 1. The van der Waals surface area contributed by atoms with E-state index in [2.05, 4.69) is 42.2 Å². The number of carbonyl (C=O) groups excluding carboxylic acids is 1. The summed E-state index contributed by atoms with van der Waals surface area (Å²) in [4.78, 5) is 17.4. The highest BCUT2D eigenvalue weighted by Gasteiger charge is 2.36. The van der Waals surface area contributed by atoms with E-state index in [4.69, 9.17) is 5.73 Å². The molecule has 1 unspecified atom stereocenters. The lowest BCUT2D eigenvalue weighted by Gasteiger charge is -2.38. The zero-order valence-electron chi connectivity index (χ0n) is 13.7. The number of hydrogen-bond acceptors (Lipinski definition) is 1. The summed E-state index contributed by atoms with van der Waals surface area (Å²) < 4.78 is 0. The molecule has 4 nitrogen and oxygen atoms in total. The maximum absolute atomic E-state index is 12.1. The quantitative estimate of drug-likeness (QED) is 0.738. The molecule has 0 radical (unpaired) electrons. The summed E-state index contributed by atoms with van der Waals surface area (Å²) in [6, 6.07) is 18.2. The predicted molar refractivity (Wildman–Crippen MR) is 95.9 cm³/mol. The molecular weight excluding hydrogens is 298 g/mol. The van der Waals surface area contributed by atoms with E-state index in [1.54, 1.807) is 4.90 Å². The number of aromatic amines is 1. The Morgan fingerprint density at radius 1 is 1.17 bits per heavy atom. The van der Waals surface area contributed by atoms with Gasteiger partial charge in [-0.25, -0.2) is 4.79 Å². The molecule has 3 aromatic rings. The Bertz CT molecular complexity index is 884. The monoisotopic (exact) mass is 319 g/mol. The van der Waals surface area contributed by atoms with Gasteiger partial charge in [0.15, 0.2) is 0 Å². The van der Waals surface area contributed by atoms with E-state index in [-0.39, 0.29) is 18.0 Å². The molecule has 1 aromatic heterocycles. The third-order valence-corrected chi connectivity index (χ3v) is 5.16. The van der Waals surface area contributed by atoms with Crippen LogP contribution in [0.2, 0.25) is 0 Å². The zero-order chi connectivity index (χ0) is 16.7. The number of primary amides is 1. The Balaban J connectivity index is 1.87. The normalized spacial score (nSPS) is 18.4. The van der Waals surface area contributed by atoms with Crippen LogP contribution in [0.3, 0.4) is 0 Å². The molecule has 2 atom stereocenters. The molecule has 0 saturated carbocycles. The predicted octanol–water partition coefficient (Wildman–Crippen LogP) is 3.95. The van der Waals surface area contributed by atoms with Gasteiger partial charge in [-0.05, 0) is 23.6 Å². The molecule has 2 heterocycles. The van der Waals surface area contributed by atoms with Gasteiger partial charge in [0.25, 0.3) is 0 Å². The van der Waals surface area contributed by atoms with Crippen molar-refractivity contribution in [3.05, 3.63) is 71.4 Å². The largest absolute Gasteiger partial charge is 0.356 e. The van der Waals surface area contributed by atoms with Crippen LogP contribution in [0.1, 0.15) is 35.7 Å². The van der Waals surface area contributed by atoms with Gasteiger partial charge in [0.1, 0.15) is 0 Å². The van der Waals surface area contributed by atoms with E-state index < -0.39 is 0 Å². The van der Waals surface area contributed by atoms with Crippen molar-refractivity contribution in [1.29, 1.82) is 0 Å². The molecule has 0 fully saturated rings. The number of carbonyl (C=O) groups is 1. The molecule has 1 aliphatic heterocycles. The Morgan fingerprint density at radius 3 is 2.62 bits per heavy atom. The summed E-state index contributed by atoms with van der Waals surface area (Å²) in [5.74, 6) is 0.158.